The quantitative estimate of drug-likeness (QED) is 0.403. The molecule has 0 saturated carbocycles. The van der Waals surface area contributed by atoms with Gasteiger partial charge in [0.25, 0.3) is 0 Å². The SMILES string of the molecule is Cc1cc(C2=CCN(C(=O)OC(C)(C)C)CC2)ccc1-n1nnc(-c2ccc(C3=CCN(C(=O)O)CC3)cc2)c1C. The van der Waals surface area contributed by atoms with E-state index < -0.39 is 11.7 Å². The maximum Gasteiger partial charge on any atom is 0.410 e. The molecule has 1 N–H and O–H groups in total. The molecule has 0 atom stereocenters. The first kappa shape index (κ1) is 28.1. The lowest BCUT2D eigenvalue weighted by Gasteiger charge is -2.29. The average molecular weight is 556 g/mol. The van der Waals surface area contributed by atoms with Crippen LogP contribution in [0.5, 0.6) is 0 Å². The van der Waals surface area contributed by atoms with Crippen molar-refractivity contribution < 1.29 is 19.4 Å². The lowest BCUT2D eigenvalue weighted by molar-refractivity contribution is 0.0270. The lowest BCUT2D eigenvalue weighted by atomic mass is 9.97. The van der Waals surface area contributed by atoms with Gasteiger partial charge in [-0.2, -0.15) is 0 Å². The van der Waals surface area contributed by atoms with Gasteiger partial charge in [0, 0.05) is 31.7 Å². The van der Waals surface area contributed by atoms with Crippen LogP contribution in [0.1, 0.15) is 56.0 Å². The third-order valence-electron chi connectivity index (χ3n) is 7.56. The van der Waals surface area contributed by atoms with E-state index in [0.717, 1.165) is 51.3 Å². The molecule has 1 aromatic heterocycles. The highest BCUT2D eigenvalue weighted by Gasteiger charge is 2.24. The number of ether oxygens (including phenoxy) is 1. The zero-order chi connectivity index (χ0) is 29.3. The van der Waals surface area contributed by atoms with E-state index in [1.807, 2.05) is 50.6 Å². The molecule has 0 aliphatic carbocycles. The van der Waals surface area contributed by atoms with Crippen molar-refractivity contribution >= 4 is 23.3 Å². The molecule has 0 radical (unpaired) electrons. The summed E-state index contributed by atoms with van der Waals surface area (Å²) in [5, 5.41) is 18.2. The molecule has 0 unspecified atom stereocenters. The fraction of sp³-hybridized carbons (Fsp3) is 0.375. The van der Waals surface area contributed by atoms with E-state index in [9.17, 15) is 14.7 Å². The second-order valence-corrected chi connectivity index (χ2v) is 11.6. The molecule has 214 valence electrons. The van der Waals surface area contributed by atoms with Gasteiger partial charge in [-0.3, -0.25) is 0 Å². The smallest absolute Gasteiger partial charge is 0.410 e. The van der Waals surface area contributed by atoms with E-state index in [2.05, 4.69) is 53.6 Å². The summed E-state index contributed by atoms with van der Waals surface area (Å²) in [5.74, 6) is 0. The summed E-state index contributed by atoms with van der Waals surface area (Å²) >= 11 is 0. The Hall–Kier alpha value is -4.40. The highest BCUT2D eigenvalue weighted by Crippen LogP contribution is 2.30. The number of hydrogen-bond donors (Lipinski definition) is 1. The zero-order valence-corrected chi connectivity index (χ0v) is 24.3. The number of carboxylic acid groups (broad SMARTS) is 1. The van der Waals surface area contributed by atoms with Crippen molar-refractivity contribution in [2.24, 2.45) is 0 Å². The maximum absolute atomic E-state index is 12.4. The van der Waals surface area contributed by atoms with Gasteiger partial charge in [-0.15, -0.1) is 5.10 Å². The molecule has 41 heavy (non-hydrogen) atoms. The molecular formula is C32H37N5O4. The second kappa shape index (κ2) is 11.2. The molecule has 2 aliphatic rings. The van der Waals surface area contributed by atoms with Gasteiger partial charge in [-0.25, -0.2) is 14.3 Å². The summed E-state index contributed by atoms with van der Waals surface area (Å²) in [6.45, 7) is 11.8. The summed E-state index contributed by atoms with van der Waals surface area (Å²) in [7, 11) is 0. The standard InChI is InChI=1S/C32H37N5O4/c1-21-20-27(25-14-18-36(19-15-25)31(40)41-32(3,4)5)10-11-28(21)37-22(2)29(33-34-37)26-8-6-23(7-9-26)24-12-16-35(17-13-24)30(38)39/h6-12,14,20H,13,15-19H2,1-5H3,(H,38,39). The third kappa shape index (κ3) is 6.19. The first-order chi connectivity index (χ1) is 19.5. The third-order valence-corrected chi connectivity index (χ3v) is 7.56. The van der Waals surface area contributed by atoms with E-state index >= 15 is 0 Å². The van der Waals surface area contributed by atoms with Gasteiger partial charge in [0.15, 0.2) is 0 Å². The van der Waals surface area contributed by atoms with Crippen molar-refractivity contribution in [3.63, 3.8) is 0 Å². The normalized spacial score (nSPS) is 15.8. The minimum atomic E-state index is -0.878. The predicted octanol–water partition coefficient (Wildman–Crippen LogP) is 6.34. The van der Waals surface area contributed by atoms with Crippen LogP contribution in [0.2, 0.25) is 0 Å². The molecule has 5 rings (SSSR count). The molecule has 0 fully saturated rings. The molecule has 3 aromatic rings. The van der Waals surface area contributed by atoms with Crippen molar-refractivity contribution in [1.82, 2.24) is 24.8 Å². The van der Waals surface area contributed by atoms with Crippen LogP contribution in [0.4, 0.5) is 9.59 Å². The Morgan fingerprint density at radius 1 is 0.854 bits per heavy atom. The maximum atomic E-state index is 12.4. The molecule has 2 amide bonds. The Morgan fingerprint density at radius 2 is 1.44 bits per heavy atom. The number of carbonyl (C=O) groups is 2. The molecule has 0 spiro atoms. The summed E-state index contributed by atoms with van der Waals surface area (Å²) in [6.07, 6.45) is 4.42. The molecule has 2 aromatic carbocycles. The van der Waals surface area contributed by atoms with Crippen LogP contribution in [0.15, 0.2) is 54.6 Å². The first-order valence-electron chi connectivity index (χ1n) is 14.0. The molecule has 2 aliphatic heterocycles. The highest BCUT2D eigenvalue weighted by atomic mass is 16.6. The zero-order valence-electron chi connectivity index (χ0n) is 24.3. The number of benzene rings is 2. The molecule has 0 bridgehead atoms. The molecular weight excluding hydrogens is 518 g/mol. The van der Waals surface area contributed by atoms with Crippen molar-refractivity contribution in [2.75, 3.05) is 26.2 Å². The Bertz CT molecular complexity index is 1530. The molecule has 9 heteroatoms. The van der Waals surface area contributed by atoms with Crippen LogP contribution in [-0.2, 0) is 4.74 Å². The number of rotatable bonds is 4. The summed E-state index contributed by atoms with van der Waals surface area (Å²) in [4.78, 5) is 26.7. The van der Waals surface area contributed by atoms with Gasteiger partial charge < -0.3 is 19.6 Å². The van der Waals surface area contributed by atoms with Gasteiger partial charge >= 0.3 is 12.2 Å². The molecule has 0 saturated heterocycles. The summed E-state index contributed by atoms with van der Waals surface area (Å²) in [6, 6.07) is 14.6. The number of aromatic nitrogens is 3. The van der Waals surface area contributed by atoms with E-state index in [0.29, 0.717) is 32.6 Å². The predicted molar refractivity (Wildman–Crippen MR) is 159 cm³/mol. The Kier molecular flexibility index (Phi) is 7.71. The summed E-state index contributed by atoms with van der Waals surface area (Å²) in [5.41, 5.74) is 8.95. The Balaban J connectivity index is 1.29. The van der Waals surface area contributed by atoms with Gasteiger partial charge in [-0.05, 0) is 87.4 Å². The average Bonchev–Trinajstić information content (AvgIpc) is 3.33. The fourth-order valence-corrected chi connectivity index (χ4v) is 5.29. The topological polar surface area (TPSA) is 101 Å². The fourth-order valence-electron chi connectivity index (χ4n) is 5.29. The van der Waals surface area contributed by atoms with E-state index in [1.165, 1.54) is 10.5 Å². The van der Waals surface area contributed by atoms with Crippen LogP contribution in [0.25, 0.3) is 28.1 Å². The highest BCUT2D eigenvalue weighted by molar-refractivity contribution is 5.75. The van der Waals surface area contributed by atoms with Crippen molar-refractivity contribution in [3.8, 4) is 16.9 Å². The summed E-state index contributed by atoms with van der Waals surface area (Å²) < 4.78 is 7.39. The van der Waals surface area contributed by atoms with Crippen molar-refractivity contribution in [1.29, 1.82) is 0 Å². The monoisotopic (exact) mass is 555 g/mol. The first-order valence-corrected chi connectivity index (χ1v) is 14.0. The van der Waals surface area contributed by atoms with Crippen molar-refractivity contribution in [3.05, 3.63) is 77.0 Å². The van der Waals surface area contributed by atoms with Gasteiger partial charge in [0.05, 0.1) is 11.4 Å². The van der Waals surface area contributed by atoms with E-state index in [-0.39, 0.29) is 6.09 Å². The Labute approximate surface area is 240 Å². The van der Waals surface area contributed by atoms with Gasteiger partial charge in [-0.1, -0.05) is 47.7 Å². The number of amides is 2. The van der Waals surface area contributed by atoms with Gasteiger partial charge in [0.1, 0.15) is 11.3 Å². The number of hydrogen-bond acceptors (Lipinski definition) is 5. The minimum Gasteiger partial charge on any atom is -0.465 e. The number of carbonyl (C=O) groups excluding carboxylic acids is 1. The van der Waals surface area contributed by atoms with Crippen LogP contribution < -0.4 is 0 Å². The van der Waals surface area contributed by atoms with Crippen LogP contribution in [0.3, 0.4) is 0 Å². The molecule has 3 heterocycles. The van der Waals surface area contributed by atoms with Crippen LogP contribution in [-0.4, -0.2) is 73.9 Å². The van der Waals surface area contributed by atoms with Crippen LogP contribution in [0, 0.1) is 13.8 Å². The van der Waals surface area contributed by atoms with Gasteiger partial charge in [0.2, 0.25) is 0 Å². The lowest BCUT2D eigenvalue weighted by Crippen LogP contribution is -2.39. The minimum absolute atomic E-state index is 0.274. The number of nitrogens with zero attached hydrogens (tertiary/aromatic N) is 5. The second-order valence-electron chi connectivity index (χ2n) is 11.6. The van der Waals surface area contributed by atoms with Crippen LogP contribution >= 0.6 is 0 Å². The molecule has 9 nitrogen and oxygen atoms in total. The largest absolute Gasteiger partial charge is 0.465 e. The van der Waals surface area contributed by atoms with E-state index in [4.69, 9.17) is 4.74 Å². The van der Waals surface area contributed by atoms with E-state index in [1.54, 1.807) is 4.90 Å². The number of aryl methyl sites for hydroxylation is 1. The Morgan fingerprint density at radius 3 is 2.00 bits per heavy atom. The van der Waals surface area contributed by atoms with Crippen molar-refractivity contribution in [2.45, 2.75) is 53.1 Å².